The van der Waals surface area contributed by atoms with Crippen LogP contribution in [0, 0.1) is 11.7 Å². The van der Waals surface area contributed by atoms with E-state index in [2.05, 4.69) is 25.7 Å². The van der Waals surface area contributed by atoms with Crippen LogP contribution in [-0.2, 0) is 16.1 Å². The van der Waals surface area contributed by atoms with Crippen molar-refractivity contribution in [2.45, 2.75) is 13.0 Å². The number of nitrogens with one attached hydrogen (secondary N) is 2. The second kappa shape index (κ2) is 7.35. The van der Waals surface area contributed by atoms with Gasteiger partial charge in [-0.1, -0.05) is 11.6 Å². The molecule has 28 heavy (non-hydrogen) atoms. The van der Waals surface area contributed by atoms with E-state index in [0.29, 0.717) is 17.5 Å². The molecule has 0 spiro atoms. The first kappa shape index (κ1) is 18.1. The normalized spacial score (nSPS) is 15.6. The van der Waals surface area contributed by atoms with Gasteiger partial charge in [0.05, 0.1) is 17.5 Å². The molecule has 3 aromatic rings. The van der Waals surface area contributed by atoms with Gasteiger partial charge in [-0.2, -0.15) is 4.98 Å². The molecule has 0 aliphatic carbocycles. The molecule has 2 aromatic heterocycles. The predicted octanol–water partition coefficient (Wildman–Crippen LogP) is 2.73. The Morgan fingerprint density at radius 2 is 2.11 bits per heavy atom. The Morgan fingerprint density at radius 1 is 1.32 bits per heavy atom. The maximum atomic E-state index is 13.2. The molecule has 2 amide bonds. The van der Waals surface area contributed by atoms with Crippen molar-refractivity contribution >= 4 is 35.1 Å². The Bertz CT molecular complexity index is 1060. The van der Waals surface area contributed by atoms with E-state index in [4.69, 9.17) is 11.6 Å². The number of carbonyl (C=O) groups is 2. The molecule has 1 aliphatic heterocycles. The van der Waals surface area contributed by atoms with E-state index in [1.807, 2.05) is 0 Å². The lowest BCUT2D eigenvalue weighted by Crippen LogP contribution is -2.36. The molecule has 1 aliphatic rings. The summed E-state index contributed by atoms with van der Waals surface area (Å²) in [5.74, 6) is -1.10. The van der Waals surface area contributed by atoms with E-state index < -0.39 is 11.7 Å². The standard InChI is InChI=1S/C18H14ClFN6O2/c19-13-8-12(1-2-14(13)20)22-15(27)7-11-9-26-18(24-17(11)28)23-16(25-26)10-3-5-21-6-4-10/h1-6,8,11H,7,9H2,(H,22,27)(H,23,24,25,28). The molecule has 1 atom stereocenters. The molecule has 8 nitrogen and oxygen atoms in total. The largest absolute Gasteiger partial charge is 0.326 e. The predicted molar refractivity (Wildman–Crippen MR) is 100 cm³/mol. The molecule has 142 valence electrons. The smallest absolute Gasteiger partial charge is 0.232 e. The van der Waals surface area contributed by atoms with Crippen molar-refractivity contribution in [2.24, 2.45) is 5.92 Å². The van der Waals surface area contributed by atoms with Gasteiger partial charge < -0.3 is 5.32 Å². The number of rotatable bonds is 4. The molecule has 2 N–H and O–H groups in total. The fourth-order valence-electron chi connectivity index (χ4n) is 2.86. The van der Waals surface area contributed by atoms with Crippen molar-refractivity contribution in [3.8, 4) is 11.4 Å². The highest BCUT2D eigenvalue weighted by Crippen LogP contribution is 2.24. The Morgan fingerprint density at radius 3 is 2.86 bits per heavy atom. The number of anilines is 2. The van der Waals surface area contributed by atoms with Crippen LogP contribution in [0.15, 0.2) is 42.7 Å². The van der Waals surface area contributed by atoms with Gasteiger partial charge in [-0.3, -0.25) is 19.9 Å². The van der Waals surface area contributed by atoms with Crippen molar-refractivity contribution in [1.29, 1.82) is 0 Å². The number of fused-ring (bicyclic) bond motifs is 1. The molecular formula is C18H14ClFN6O2. The van der Waals surface area contributed by atoms with Gasteiger partial charge in [0, 0.05) is 30.1 Å². The Labute approximate surface area is 163 Å². The van der Waals surface area contributed by atoms with Gasteiger partial charge in [0.25, 0.3) is 0 Å². The van der Waals surface area contributed by atoms with Crippen LogP contribution >= 0.6 is 11.6 Å². The number of hydrogen-bond donors (Lipinski definition) is 2. The average molecular weight is 401 g/mol. The lowest BCUT2D eigenvalue weighted by atomic mass is 10.0. The van der Waals surface area contributed by atoms with E-state index in [-0.39, 0.29) is 29.8 Å². The minimum atomic E-state index is -0.615. The van der Waals surface area contributed by atoms with Crippen LogP contribution in [0.3, 0.4) is 0 Å². The van der Waals surface area contributed by atoms with Crippen LogP contribution in [0.25, 0.3) is 11.4 Å². The van der Waals surface area contributed by atoms with Crippen LogP contribution < -0.4 is 10.6 Å². The van der Waals surface area contributed by atoms with E-state index in [1.165, 1.54) is 12.1 Å². The minimum Gasteiger partial charge on any atom is -0.326 e. The van der Waals surface area contributed by atoms with E-state index in [9.17, 15) is 14.0 Å². The van der Waals surface area contributed by atoms with E-state index in [0.717, 1.165) is 11.6 Å². The zero-order chi connectivity index (χ0) is 19.7. The monoisotopic (exact) mass is 400 g/mol. The second-order valence-electron chi connectivity index (χ2n) is 6.24. The first-order valence-corrected chi connectivity index (χ1v) is 8.78. The molecule has 10 heteroatoms. The summed E-state index contributed by atoms with van der Waals surface area (Å²) in [6, 6.07) is 7.40. The zero-order valence-electron chi connectivity index (χ0n) is 14.4. The highest BCUT2D eigenvalue weighted by atomic mass is 35.5. The van der Waals surface area contributed by atoms with Crippen LogP contribution in [0.1, 0.15) is 6.42 Å². The molecule has 0 bridgehead atoms. The van der Waals surface area contributed by atoms with Crippen molar-refractivity contribution < 1.29 is 14.0 Å². The molecule has 4 rings (SSSR count). The van der Waals surface area contributed by atoms with Crippen molar-refractivity contribution in [3.63, 3.8) is 0 Å². The maximum absolute atomic E-state index is 13.2. The lowest BCUT2D eigenvalue weighted by Gasteiger charge is -2.21. The van der Waals surface area contributed by atoms with Gasteiger partial charge in [0.2, 0.25) is 17.8 Å². The van der Waals surface area contributed by atoms with Crippen molar-refractivity contribution in [1.82, 2.24) is 19.7 Å². The first-order valence-electron chi connectivity index (χ1n) is 8.40. The van der Waals surface area contributed by atoms with Crippen LogP contribution in [-0.4, -0.2) is 31.6 Å². The third kappa shape index (κ3) is 3.70. The SMILES string of the molecule is O=C(CC1Cn2nc(-c3ccncc3)nc2NC1=O)Nc1ccc(F)c(Cl)c1. The lowest BCUT2D eigenvalue weighted by molar-refractivity contribution is -0.125. The van der Waals surface area contributed by atoms with Gasteiger partial charge in [-0.05, 0) is 30.3 Å². The van der Waals surface area contributed by atoms with Crippen molar-refractivity contribution in [2.75, 3.05) is 10.6 Å². The highest BCUT2D eigenvalue weighted by molar-refractivity contribution is 6.31. The van der Waals surface area contributed by atoms with E-state index in [1.54, 1.807) is 29.2 Å². The molecule has 0 saturated carbocycles. The maximum Gasteiger partial charge on any atom is 0.232 e. The molecular weight excluding hydrogens is 387 g/mol. The fourth-order valence-corrected chi connectivity index (χ4v) is 3.04. The van der Waals surface area contributed by atoms with E-state index >= 15 is 0 Å². The van der Waals surface area contributed by atoms with Gasteiger partial charge >= 0.3 is 0 Å². The van der Waals surface area contributed by atoms with Gasteiger partial charge in [-0.15, -0.1) is 5.10 Å². The summed E-state index contributed by atoms with van der Waals surface area (Å²) < 4.78 is 14.8. The number of halogens is 2. The summed E-state index contributed by atoms with van der Waals surface area (Å²) in [4.78, 5) is 32.9. The number of pyridine rings is 1. The molecule has 0 saturated heterocycles. The van der Waals surface area contributed by atoms with Gasteiger partial charge in [0.15, 0.2) is 5.82 Å². The average Bonchev–Trinajstić information content (AvgIpc) is 3.08. The molecule has 1 aromatic carbocycles. The zero-order valence-corrected chi connectivity index (χ0v) is 15.2. The fraction of sp³-hybridized carbons (Fsp3) is 0.167. The minimum absolute atomic E-state index is 0.0648. The summed E-state index contributed by atoms with van der Waals surface area (Å²) in [5, 5.41) is 9.58. The molecule has 0 fully saturated rings. The Hall–Kier alpha value is -3.33. The summed E-state index contributed by atoms with van der Waals surface area (Å²) in [5.41, 5.74) is 1.13. The Balaban J connectivity index is 1.45. The summed E-state index contributed by atoms with van der Waals surface area (Å²) in [6.45, 7) is 0.219. The molecule has 1 unspecified atom stereocenters. The summed E-state index contributed by atoms with van der Waals surface area (Å²) in [7, 11) is 0. The number of benzene rings is 1. The number of carbonyl (C=O) groups excluding carboxylic acids is 2. The summed E-state index contributed by atoms with van der Waals surface area (Å²) >= 11 is 5.71. The highest BCUT2D eigenvalue weighted by Gasteiger charge is 2.30. The number of hydrogen-bond acceptors (Lipinski definition) is 5. The Kier molecular flexibility index (Phi) is 4.74. The van der Waals surface area contributed by atoms with Crippen LogP contribution in [0.4, 0.5) is 16.0 Å². The third-order valence-corrected chi connectivity index (χ3v) is 4.53. The summed E-state index contributed by atoms with van der Waals surface area (Å²) in [6.07, 6.45) is 3.19. The van der Waals surface area contributed by atoms with Crippen molar-refractivity contribution in [3.05, 3.63) is 53.6 Å². The van der Waals surface area contributed by atoms with Crippen LogP contribution in [0.5, 0.6) is 0 Å². The second-order valence-corrected chi connectivity index (χ2v) is 6.65. The third-order valence-electron chi connectivity index (χ3n) is 4.24. The molecule has 3 heterocycles. The topological polar surface area (TPSA) is 102 Å². The number of nitrogens with zero attached hydrogens (tertiary/aromatic N) is 4. The quantitative estimate of drug-likeness (QED) is 0.701. The first-order chi connectivity index (χ1) is 13.5. The molecule has 0 radical (unpaired) electrons. The van der Waals surface area contributed by atoms with Gasteiger partial charge in [-0.25, -0.2) is 9.07 Å². The van der Waals surface area contributed by atoms with Gasteiger partial charge in [0.1, 0.15) is 5.82 Å². The van der Waals surface area contributed by atoms with Crippen LogP contribution in [0.2, 0.25) is 5.02 Å². The number of aromatic nitrogens is 4. The number of amides is 2.